The van der Waals surface area contributed by atoms with Gasteiger partial charge in [-0.3, -0.25) is 0 Å². The number of nitrogens with zero attached hydrogens (tertiary/aromatic N) is 4. The van der Waals surface area contributed by atoms with Gasteiger partial charge in [-0.15, -0.1) is 0 Å². The number of anilines is 2. The third-order valence-electron chi connectivity index (χ3n) is 5.68. The molecule has 0 radical (unpaired) electrons. The number of fused-ring (bicyclic) bond motifs is 3. The minimum absolute atomic E-state index is 0.676. The average Bonchev–Trinajstić information content (AvgIpc) is 3.15. The summed E-state index contributed by atoms with van der Waals surface area (Å²) in [7, 11) is 0. The molecule has 2 aromatic carbocycles. The number of aromatic nitrogens is 3. The van der Waals surface area contributed by atoms with Crippen LogP contribution in [-0.4, -0.2) is 47.7 Å². The Hall–Kier alpha value is -3.28. The van der Waals surface area contributed by atoms with Crippen molar-refractivity contribution in [1.29, 1.82) is 0 Å². The van der Waals surface area contributed by atoms with Crippen molar-refractivity contribution >= 4 is 33.4 Å². The third kappa shape index (κ3) is 3.05. The van der Waals surface area contributed by atoms with E-state index in [4.69, 9.17) is 4.74 Å². The number of nitrogens with one attached hydrogen (secondary N) is 1. The summed E-state index contributed by atoms with van der Waals surface area (Å²) in [6, 6.07) is 14.6. The molecule has 1 saturated heterocycles. The normalized spacial score (nSPS) is 14.7. The summed E-state index contributed by atoms with van der Waals surface area (Å²) in [6.45, 7) is 8.49. The first-order valence-corrected chi connectivity index (χ1v) is 10.2. The van der Waals surface area contributed by atoms with Crippen LogP contribution in [0.2, 0.25) is 0 Å². The summed E-state index contributed by atoms with van der Waals surface area (Å²) in [5.41, 5.74) is 5.55. The SMILES string of the molecule is CCOc1ccccc1N1CCN(c2ncnc3c2[nH]c2cccc(C)c23)CC1. The van der Waals surface area contributed by atoms with E-state index in [2.05, 4.69) is 62.0 Å². The van der Waals surface area contributed by atoms with Gasteiger partial charge in [0.25, 0.3) is 0 Å². The van der Waals surface area contributed by atoms with E-state index in [1.54, 1.807) is 6.33 Å². The molecule has 2 aromatic heterocycles. The number of hydrogen-bond donors (Lipinski definition) is 1. The van der Waals surface area contributed by atoms with Gasteiger partial charge in [0.05, 0.1) is 12.3 Å². The van der Waals surface area contributed by atoms with Crippen LogP contribution in [0, 0.1) is 6.92 Å². The molecule has 4 aromatic rings. The molecule has 0 bridgehead atoms. The van der Waals surface area contributed by atoms with Gasteiger partial charge in [-0.25, -0.2) is 9.97 Å². The summed E-state index contributed by atoms with van der Waals surface area (Å²) in [5, 5.41) is 1.19. The van der Waals surface area contributed by atoms with Crippen molar-refractivity contribution in [1.82, 2.24) is 15.0 Å². The molecule has 1 aliphatic heterocycles. The Kier molecular flexibility index (Phi) is 4.46. The molecule has 6 nitrogen and oxygen atoms in total. The first-order chi connectivity index (χ1) is 14.3. The fraction of sp³-hybridized carbons (Fsp3) is 0.304. The van der Waals surface area contributed by atoms with Gasteiger partial charge in [0.2, 0.25) is 0 Å². The predicted molar refractivity (Wildman–Crippen MR) is 118 cm³/mol. The maximum Gasteiger partial charge on any atom is 0.156 e. The van der Waals surface area contributed by atoms with Crippen molar-refractivity contribution in [3.8, 4) is 5.75 Å². The topological polar surface area (TPSA) is 57.3 Å². The molecule has 0 atom stereocenters. The maximum absolute atomic E-state index is 5.82. The van der Waals surface area contributed by atoms with E-state index < -0.39 is 0 Å². The van der Waals surface area contributed by atoms with Crippen LogP contribution in [0.25, 0.3) is 21.9 Å². The lowest BCUT2D eigenvalue weighted by atomic mass is 10.1. The van der Waals surface area contributed by atoms with Crippen molar-refractivity contribution in [2.24, 2.45) is 0 Å². The Morgan fingerprint density at radius 2 is 1.76 bits per heavy atom. The molecule has 5 rings (SSSR count). The van der Waals surface area contributed by atoms with Crippen LogP contribution in [0.1, 0.15) is 12.5 Å². The number of H-pyrrole nitrogens is 1. The monoisotopic (exact) mass is 387 g/mol. The van der Waals surface area contributed by atoms with Gasteiger partial charge in [-0.2, -0.15) is 0 Å². The molecule has 0 saturated carbocycles. The molecule has 1 aliphatic rings. The van der Waals surface area contributed by atoms with E-state index >= 15 is 0 Å². The van der Waals surface area contributed by atoms with Crippen LogP contribution in [0.15, 0.2) is 48.8 Å². The van der Waals surface area contributed by atoms with E-state index in [1.165, 1.54) is 16.6 Å². The number of piperazine rings is 1. The van der Waals surface area contributed by atoms with Crippen molar-refractivity contribution in [2.75, 3.05) is 42.6 Å². The van der Waals surface area contributed by atoms with E-state index in [-0.39, 0.29) is 0 Å². The van der Waals surface area contributed by atoms with E-state index in [1.807, 2.05) is 19.1 Å². The zero-order valence-corrected chi connectivity index (χ0v) is 16.9. The zero-order chi connectivity index (χ0) is 19.8. The van der Waals surface area contributed by atoms with Crippen LogP contribution in [0.3, 0.4) is 0 Å². The Bertz CT molecular complexity index is 1160. The second-order valence-corrected chi connectivity index (χ2v) is 7.42. The molecule has 0 amide bonds. The lowest BCUT2D eigenvalue weighted by Gasteiger charge is -2.37. The van der Waals surface area contributed by atoms with Crippen LogP contribution >= 0.6 is 0 Å². The molecule has 148 valence electrons. The first-order valence-electron chi connectivity index (χ1n) is 10.2. The molecule has 0 spiro atoms. The van der Waals surface area contributed by atoms with Gasteiger partial charge in [0.15, 0.2) is 5.82 Å². The van der Waals surface area contributed by atoms with Crippen molar-refractivity contribution in [3.05, 3.63) is 54.4 Å². The number of aromatic amines is 1. The lowest BCUT2D eigenvalue weighted by molar-refractivity contribution is 0.340. The highest BCUT2D eigenvalue weighted by molar-refractivity contribution is 6.09. The summed E-state index contributed by atoms with van der Waals surface area (Å²) >= 11 is 0. The highest BCUT2D eigenvalue weighted by atomic mass is 16.5. The second kappa shape index (κ2) is 7.28. The predicted octanol–water partition coefficient (Wildman–Crippen LogP) is 4.14. The third-order valence-corrected chi connectivity index (χ3v) is 5.68. The molecule has 1 N–H and O–H groups in total. The maximum atomic E-state index is 5.82. The molecule has 29 heavy (non-hydrogen) atoms. The summed E-state index contributed by atoms with van der Waals surface area (Å²) in [6.07, 6.45) is 1.69. The van der Waals surface area contributed by atoms with Gasteiger partial charge < -0.3 is 19.5 Å². The molecule has 0 aliphatic carbocycles. The number of aryl methyl sites for hydroxylation is 1. The molecule has 1 fully saturated rings. The van der Waals surface area contributed by atoms with Crippen LogP contribution < -0.4 is 14.5 Å². The summed E-state index contributed by atoms with van der Waals surface area (Å²) < 4.78 is 5.82. The van der Waals surface area contributed by atoms with Crippen molar-refractivity contribution < 1.29 is 4.74 Å². The van der Waals surface area contributed by atoms with Crippen molar-refractivity contribution in [3.63, 3.8) is 0 Å². The molecule has 0 unspecified atom stereocenters. The first kappa shape index (κ1) is 17.8. The Labute approximate surface area is 170 Å². The molecule has 3 heterocycles. The van der Waals surface area contributed by atoms with Crippen molar-refractivity contribution in [2.45, 2.75) is 13.8 Å². The summed E-state index contributed by atoms with van der Waals surface area (Å²) in [4.78, 5) is 17.5. The molecule has 6 heteroatoms. The quantitative estimate of drug-likeness (QED) is 0.570. The number of benzene rings is 2. The minimum atomic E-state index is 0.676. The fourth-order valence-electron chi connectivity index (χ4n) is 4.30. The van der Waals surface area contributed by atoms with Gasteiger partial charge in [0.1, 0.15) is 23.1 Å². The van der Waals surface area contributed by atoms with E-state index in [0.29, 0.717) is 6.61 Å². The number of hydrogen-bond acceptors (Lipinski definition) is 5. The standard InChI is InChI=1S/C23H25N5O/c1-3-29-19-10-5-4-9-18(19)27-11-13-28(14-12-27)23-22-21(24-15-25-23)20-16(2)7-6-8-17(20)26-22/h4-10,15,26H,3,11-14H2,1-2H3. The molecular weight excluding hydrogens is 362 g/mol. The highest BCUT2D eigenvalue weighted by Gasteiger charge is 2.23. The Morgan fingerprint density at radius 1 is 0.966 bits per heavy atom. The highest BCUT2D eigenvalue weighted by Crippen LogP contribution is 2.33. The Balaban J connectivity index is 1.44. The van der Waals surface area contributed by atoms with E-state index in [9.17, 15) is 0 Å². The second-order valence-electron chi connectivity index (χ2n) is 7.42. The number of ether oxygens (including phenoxy) is 1. The number of rotatable bonds is 4. The molecular formula is C23H25N5O. The zero-order valence-electron chi connectivity index (χ0n) is 16.9. The largest absolute Gasteiger partial charge is 0.492 e. The summed E-state index contributed by atoms with van der Waals surface area (Å²) in [5.74, 6) is 1.95. The van der Waals surface area contributed by atoms with Crippen LogP contribution in [-0.2, 0) is 0 Å². The lowest BCUT2D eigenvalue weighted by Crippen LogP contribution is -2.47. The van der Waals surface area contributed by atoms with Gasteiger partial charge in [0, 0.05) is 37.1 Å². The van der Waals surface area contributed by atoms with Gasteiger partial charge >= 0.3 is 0 Å². The Morgan fingerprint density at radius 3 is 2.59 bits per heavy atom. The smallest absolute Gasteiger partial charge is 0.156 e. The number of para-hydroxylation sites is 2. The van der Waals surface area contributed by atoms with Gasteiger partial charge in [-0.05, 0) is 37.6 Å². The van der Waals surface area contributed by atoms with Crippen LogP contribution in [0.4, 0.5) is 11.5 Å². The van der Waals surface area contributed by atoms with Crippen LogP contribution in [0.5, 0.6) is 5.75 Å². The fourth-order valence-corrected chi connectivity index (χ4v) is 4.30. The average molecular weight is 387 g/mol. The van der Waals surface area contributed by atoms with E-state index in [0.717, 1.165) is 54.3 Å². The minimum Gasteiger partial charge on any atom is -0.492 e. The van der Waals surface area contributed by atoms with Gasteiger partial charge in [-0.1, -0.05) is 24.3 Å².